The SMILES string of the molecule is CC(C)c1nc(Cl)cc(NCCCS(C)=O)n1. The summed E-state index contributed by atoms with van der Waals surface area (Å²) in [6.07, 6.45) is 2.56. The van der Waals surface area contributed by atoms with Crippen LogP contribution in [0.3, 0.4) is 0 Å². The monoisotopic (exact) mass is 275 g/mol. The molecule has 17 heavy (non-hydrogen) atoms. The third-order valence-corrected chi connectivity index (χ3v) is 3.20. The van der Waals surface area contributed by atoms with E-state index in [9.17, 15) is 4.21 Å². The first-order valence-corrected chi connectivity index (χ1v) is 7.68. The Bertz CT molecular complexity index is 398. The summed E-state index contributed by atoms with van der Waals surface area (Å²) in [6, 6.07) is 1.70. The molecule has 0 fully saturated rings. The maximum atomic E-state index is 10.9. The number of hydrogen-bond acceptors (Lipinski definition) is 4. The highest BCUT2D eigenvalue weighted by Crippen LogP contribution is 2.16. The van der Waals surface area contributed by atoms with Crippen molar-refractivity contribution in [3.63, 3.8) is 0 Å². The molecule has 0 aliphatic carbocycles. The van der Waals surface area contributed by atoms with E-state index in [1.54, 1.807) is 12.3 Å². The summed E-state index contributed by atoms with van der Waals surface area (Å²) in [5, 5.41) is 3.62. The third-order valence-electron chi connectivity index (χ3n) is 2.14. The topological polar surface area (TPSA) is 54.9 Å². The Morgan fingerprint density at radius 2 is 2.18 bits per heavy atom. The summed E-state index contributed by atoms with van der Waals surface area (Å²) in [7, 11) is -0.738. The fourth-order valence-electron chi connectivity index (χ4n) is 1.28. The van der Waals surface area contributed by atoms with Crippen LogP contribution < -0.4 is 5.32 Å². The van der Waals surface area contributed by atoms with E-state index in [2.05, 4.69) is 15.3 Å². The number of nitrogens with zero attached hydrogens (tertiary/aromatic N) is 2. The van der Waals surface area contributed by atoms with Crippen LogP contribution in [0.1, 0.15) is 32.0 Å². The van der Waals surface area contributed by atoms with Gasteiger partial charge >= 0.3 is 0 Å². The molecule has 1 rings (SSSR count). The lowest BCUT2D eigenvalue weighted by Crippen LogP contribution is -2.09. The van der Waals surface area contributed by atoms with Gasteiger partial charge in [0, 0.05) is 41.3 Å². The lowest BCUT2D eigenvalue weighted by atomic mass is 10.2. The van der Waals surface area contributed by atoms with Crippen LogP contribution >= 0.6 is 11.6 Å². The molecule has 1 atom stereocenters. The van der Waals surface area contributed by atoms with Crippen molar-refractivity contribution in [2.24, 2.45) is 0 Å². The second-order valence-electron chi connectivity index (χ2n) is 4.15. The van der Waals surface area contributed by atoms with Crippen LogP contribution in [0.25, 0.3) is 0 Å². The average molecular weight is 276 g/mol. The van der Waals surface area contributed by atoms with Crippen molar-refractivity contribution in [3.8, 4) is 0 Å². The van der Waals surface area contributed by atoms with Gasteiger partial charge in [-0.15, -0.1) is 0 Å². The normalized spacial score (nSPS) is 12.8. The Kier molecular flexibility index (Phi) is 5.85. The van der Waals surface area contributed by atoms with E-state index >= 15 is 0 Å². The molecule has 0 amide bonds. The van der Waals surface area contributed by atoms with Crippen molar-refractivity contribution in [1.29, 1.82) is 0 Å². The fraction of sp³-hybridized carbons (Fsp3) is 0.636. The van der Waals surface area contributed by atoms with Crippen LogP contribution in [-0.4, -0.2) is 32.7 Å². The van der Waals surface area contributed by atoms with Crippen LogP contribution in [-0.2, 0) is 10.8 Å². The van der Waals surface area contributed by atoms with E-state index in [0.717, 1.165) is 24.6 Å². The quantitative estimate of drug-likeness (QED) is 0.640. The molecule has 1 unspecified atom stereocenters. The molecule has 6 heteroatoms. The molecular weight excluding hydrogens is 258 g/mol. The molecular formula is C11H18ClN3OS. The van der Waals surface area contributed by atoms with E-state index in [1.165, 1.54) is 0 Å². The molecule has 0 aliphatic heterocycles. The Morgan fingerprint density at radius 1 is 1.47 bits per heavy atom. The van der Waals surface area contributed by atoms with Crippen LogP contribution in [0.2, 0.25) is 5.15 Å². The predicted molar refractivity (Wildman–Crippen MR) is 73.2 cm³/mol. The number of rotatable bonds is 6. The molecule has 0 aliphatic rings. The number of aromatic nitrogens is 2. The molecule has 96 valence electrons. The zero-order valence-corrected chi connectivity index (χ0v) is 11.9. The van der Waals surface area contributed by atoms with Gasteiger partial charge < -0.3 is 5.32 Å². The summed E-state index contributed by atoms with van der Waals surface area (Å²) < 4.78 is 10.9. The molecule has 1 N–H and O–H groups in total. The van der Waals surface area contributed by atoms with Gasteiger partial charge in [-0.1, -0.05) is 25.4 Å². The van der Waals surface area contributed by atoms with Crippen LogP contribution in [0, 0.1) is 0 Å². The molecule has 4 nitrogen and oxygen atoms in total. The first kappa shape index (κ1) is 14.4. The van der Waals surface area contributed by atoms with Gasteiger partial charge in [0.15, 0.2) is 0 Å². The van der Waals surface area contributed by atoms with Gasteiger partial charge in [0.25, 0.3) is 0 Å². The fourth-order valence-corrected chi connectivity index (χ4v) is 2.02. The van der Waals surface area contributed by atoms with Crippen LogP contribution in [0.15, 0.2) is 6.07 Å². The lowest BCUT2D eigenvalue weighted by molar-refractivity contribution is 0.685. The molecule has 0 bridgehead atoms. The van der Waals surface area contributed by atoms with Crippen molar-refractivity contribution < 1.29 is 4.21 Å². The van der Waals surface area contributed by atoms with Crippen molar-refractivity contribution in [3.05, 3.63) is 17.0 Å². The van der Waals surface area contributed by atoms with Crippen molar-refractivity contribution in [2.75, 3.05) is 23.9 Å². The summed E-state index contributed by atoms with van der Waals surface area (Å²) in [5.74, 6) is 2.41. The van der Waals surface area contributed by atoms with Gasteiger partial charge in [-0.3, -0.25) is 4.21 Å². The summed E-state index contributed by atoms with van der Waals surface area (Å²) in [6.45, 7) is 4.79. The van der Waals surface area contributed by atoms with Gasteiger partial charge in [-0.25, -0.2) is 9.97 Å². The minimum absolute atomic E-state index is 0.248. The highest BCUT2D eigenvalue weighted by Gasteiger charge is 2.06. The Morgan fingerprint density at radius 3 is 2.76 bits per heavy atom. The highest BCUT2D eigenvalue weighted by atomic mass is 35.5. The van der Waals surface area contributed by atoms with Crippen LogP contribution in [0.4, 0.5) is 5.82 Å². The number of anilines is 1. The van der Waals surface area contributed by atoms with Gasteiger partial charge in [0.2, 0.25) is 0 Å². The van der Waals surface area contributed by atoms with E-state index < -0.39 is 10.8 Å². The molecule has 0 saturated carbocycles. The Hall–Kier alpha value is -0.680. The predicted octanol–water partition coefficient (Wildman–Crippen LogP) is 2.43. The van der Waals surface area contributed by atoms with Crippen molar-refractivity contribution >= 4 is 28.2 Å². The maximum Gasteiger partial charge on any atom is 0.135 e. The van der Waals surface area contributed by atoms with Gasteiger partial charge in [-0.2, -0.15) is 0 Å². The molecule has 0 radical (unpaired) electrons. The Balaban J connectivity index is 2.55. The summed E-state index contributed by atoms with van der Waals surface area (Å²) in [5.41, 5.74) is 0. The zero-order chi connectivity index (χ0) is 12.8. The second kappa shape index (κ2) is 6.91. The summed E-state index contributed by atoms with van der Waals surface area (Å²) >= 11 is 5.92. The zero-order valence-electron chi connectivity index (χ0n) is 10.4. The van der Waals surface area contributed by atoms with E-state index in [0.29, 0.717) is 10.9 Å². The third kappa shape index (κ3) is 5.46. The van der Waals surface area contributed by atoms with Gasteiger partial charge in [-0.05, 0) is 6.42 Å². The molecule has 0 saturated heterocycles. The Labute approximate surface area is 110 Å². The minimum atomic E-state index is -0.738. The van der Waals surface area contributed by atoms with E-state index in [1.807, 2.05) is 13.8 Å². The van der Waals surface area contributed by atoms with E-state index in [-0.39, 0.29) is 5.92 Å². The molecule has 0 spiro atoms. The standard InChI is InChI=1S/C11H18ClN3OS/c1-8(2)11-14-9(12)7-10(15-11)13-5-4-6-17(3)16/h7-8H,4-6H2,1-3H3,(H,13,14,15). The molecule has 0 aromatic carbocycles. The molecule has 1 heterocycles. The second-order valence-corrected chi connectivity index (χ2v) is 6.09. The molecule has 1 aromatic heterocycles. The largest absolute Gasteiger partial charge is 0.370 e. The number of nitrogens with one attached hydrogen (secondary N) is 1. The summed E-state index contributed by atoms with van der Waals surface area (Å²) in [4.78, 5) is 8.52. The lowest BCUT2D eigenvalue weighted by Gasteiger charge is -2.09. The van der Waals surface area contributed by atoms with Gasteiger partial charge in [0.1, 0.15) is 16.8 Å². The first-order valence-electron chi connectivity index (χ1n) is 5.57. The maximum absolute atomic E-state index is 10.9. The average Bonchev–Trinajstić information content (AvgIpc) is 2.23. The van der Waals surface area contributed by atoms with Crippen LogP contribution in [0.5, 0.6) is 0 Å². The first-order chi connectivity index (χ1) is 7.99. The van der Waals surface area contributed by atoms with Crippen molar-refractivity contribution in [2.45, 2.75) is 26.2 Å². The van der Waals surface area contributed by atoms with E-state index in [4.69, 9.17) is 11.6 Å². The van der Waals surface area contributed by atoms with Gasteiger partial charge in [0.05, 0.1) is 0 Å². The minimum Gasteiger partial charge on any atom is -0.370 e. The smallest absolute Gasteiger partial charge is 0.135 e. The highest BCUT2D eigenvalue weighted by molar-refractivity contribution is 7.84. The molecule has 1 aromatic rings. The van der Waals surface area contributed by atoms with Crippen molar-refractivity contribution in [1.82, 2.24) is 9.97 Å². The number of hydrogen-bond donors (Lipinski definition) is 1. The number of halogens is 1.